The van der Waals surface area contributed by atoms with E-state index in [-0.39, 0.29) is 35.4 Å². The van der Waals surface area contributed by atoms with Gasteiger partial charge in [-0.25, -0.2) is 0 Å². The van der Waals surface area contributed by atoms with Crippen molar-refractivity contribution in [2.75, 3.05) is 0 Å². The fraction of sp³-hybridized carbons (Fsp3) is 0.778. The van der Waals surface area contributed by atoms with Gasteiger partial charge in [0.1, 0.15) is 0 Å². The van der Waals surface area contributed by atoms with E-state index in [9.17, 15) is 19.8 Å². The molecule has 0 bridgehead atoms. The zero-order chi connectivity index (χ0) is 10.4. The van der Waals surface area contributed by atoms with Crippen molar-refractivity contribution in [2.45, 2.75) is 33.1 Å². The first kappa shape index (κ1) is 16.1. The van der Waals surface area contributed by atoms with Crippen molar-refractivity contribution in [2.24, 2.45) is 11.8 Å². The molecule has 0 N–H and O–H groups in total. The molecular weight excluding hydrogens is 196 g/mol. The fourth-order valence-corrected chi connectivity index (χ4v) is 1.30. The molecule has 14 heavy (non-hydrogen) atoms. The SMILES string of the molecule is CCCC(C)CC(C(=O)[O-])C(=O)[O-].[Mg+2]. The molecule has 76 valence electrons. The summed E-state index contributed by atoms with van der Waals surface area (Å²) in [5, 5.41) is 20.7. The minimum absolute atomic E-state index is 0. The predicted molar refractivity (Wildman–Crippen MR) is 47.9 cm³/mol. The Hall–Kier alpha value is -0.294. The van der Waals surface area contributed by atoms with Crippen LogP contribution in [0.15, 0.2) is 0 Å². The van der Waals surface area contributed by atoms with E-state index in [4.69, 9.17) is 0 Å². The minimum Gasteiger partial charge on any atom is -0.549 e. The van der Waals surface area contributed by atoms with Gasteiger partial charge < -0.3 is 19.8 Å². The third kappa shape index (κ3) is 6.20. The Labute approximate surface area is 99.8 Å². The molecule has 0 saturated carbocycles. The van der Waals surface area contributed by atoms with E-state index in [0.29, 0.717) is 0 Å². The summed E-state index contributed by atoms with van der Waals surface area (Å²) in [5.41, 5.74) is 0. The van der Waals surface area contributed by atoms with E-state index >= 15 is 0 Å². The summed E-state index contributed by atoms with van der Waals surface area (Å²) in [6.07, 6.45) is 1.82. The molecule has 1 unspecified atom stereocenters. The molecule has 0 rings (SSSR count). The molecular formula is C9H14MgO4. The molecule has 5 heteroatoms. The number of hydrogen-bond acceptors (Lipinski definition) is 4. The van der Waals surface area contributed by atoms with Crippen LogP contribution in [0.5, 0.6) is 0 Å². The van der Waals surface area contributed by atoms with Crippen LogP contribution in [0.2, 0.25) is 0 Å². The van der Waals surface area contributed by atoms with Crippen LogP contribution >= 0.6 is 0 Å². The second-order valence-corrected chi connectivity index (χ2v) is 3.32. The van der Waals surface area contributed by atoms with Crippen LogP contribution in [0.3, 0.4) is 0 Å². The van der Waals surface area contributed by atoms with Gasteiger partial charge in [-0.2, -0.15) is 0 Å². The van der Waals surface area contributed by atoms with Crippen LogP contribution in [-0.4, -0.2) is 35.0 Å². The van der Waals surface area contributed by atoms with Gasteiger partial charge in [-0.15, -0.1) is 0 Å². The van der Waals surface area contributed by atoms with E-state index in [2.05, 4.69) is 0 Å². The fourth-order valence-electron chi connectivity index (χ4n) is 1.30. The van der Waals surface area contributed by atoms with Gasteiger partial charge in [0.2, 0.25) is 0 Å². The van der Waals surface area contributed by atoms with Crippen molar-refractivity contribution in [1.29, 1.82) is 0 Å². The Morgan fingerprint density at radius 2 is 1.64 bits per heavy atom. The van der Waals surface area contributed by atoms with Crippen molar-refractivity contribution in [3.05, 3.63) is 0 Å². The maximum absolute atomic E-state index is 10.3. The van der Waals surface area contributed by atoms with Crippen molar-refractivity contribution < 1.29 is 19.8 Å². The van der Waals surface area contributed by atoms with E-state index in [1.807, 2.05) is 13.8 Å². The monoisotopic (exact) mass is 210 g/mol. The van der Waals surface area contributed by atoms with E-state index in [1.54, 1.807) is 0 Å². The normalized spacial score (nSPS) is 11.9. The van der Waals surface area contributed by atoms with Gasteiger partial charge in [0, 0.05) is 5.92 Å². The van der Waals surface area contributed by atoms with Crippen molar-refractivity contribution in [3.63, 3.8) is 0 Å². The Morgan fingerprint density at radius 1 is 1.21 bits per heavy atom. The quantitative estimate of drug-likeness (QED) is 0.397. The molecule has 0 spiro atoms. The van der Waals surface area contributed by atoms with Gasteiger partial charge in [-0.1, -0.05) is 26.7 Å². The van der Waals surface area contributed by atoms with Crippen molar-refractivity contribution in [1.82, 2.24) is 0 Å². The molecule has 4 nitrogen and oxygen atoms in total. The van der Waals surface area contributed by atoms with Gasteiger partial charge in [-0.3, -0.25) is 0 Å². The molecule has 0 aliphatic rings. The zero-order valence-electron chi connectivity index (χ0n) is 8.62. The number of carboxylic acid groups (broad SMARTS) is 2. The first-order valence-electron chi connectivity index (χ1n) is 4.40. The van der Waals surface area contributed by atoms with E-state index in [1.165, 1.54) is 0 Å². The summed E-state index contributed by atoms with van der Waals surface area (Å²) in [5.74, 6) is -4.50. The molecule has 0 saturated heterocycles. The number of carbonyl (C=O) groups excluding carboxylic acids is 2. The van der Waals surface area contributed by atoms with Crippen LogP contribution in [0.4, 0.5) is 0 Å². The molecule has 0 amide bonds. The van der Waals surface area contributed by atoms with Crippen molar-refractivity contribution >= 4 is 35.0 Å². The largest absolute Gasteiger partial charge is 2.00 e. The second-order valence-electron chi connectivity index (χ2n) is 3.32. The molecule has 1 atom stereocenters. The molecule has 0 aliphatic carbocycles. The van der Waals surface area contributed by atoms with Gasteiger partial charge in [0.05, 0.1) is 11.9 Å². The van der Waals surface area contributed by atoms with Gasteiger partial charge in [0.15, 0.2) is 0 Å². The first-order chi connectivity index (χ1) is 5.99. The number of carboxylic acids is 2. The number of carbonyl (C=O) groups is 2. The van der Waals surface area contributed by atoms with E-state index in [0.717, 1.165) is 12.8 Å². The Balaban J connectivity index is 0. The summed E-state index contributed by atoms with van der Waals surface area (Å²) < 4.78 is 0. The Morgan fingerprint density at radius 3 is 1.93 bits per heavy atom. The molecule has 0 aromatic heterocycles. The second kappa shape index (κ2) is 8.05. The van der Waals surface area contributed by atoms with Crippen LogP contribution < -0.4 is 10.2 Å². The topological polar surface area (TPSA) is 80.3 Å². The van der Waals surface area contributed by atoms with Gasteiger partial charge >= 0.3 is 23.1 Å². The summed E-state index contributed by atoms with van der Waals surface area (Å²) in [7, 11) is 0. The first-order valence-corrected chi connectivity index (χ1v) is 4.40. The number of aliphatic carboxylic acids is 2. The standard InChI is InChI=1S/C9H16O4.Mg/c1-3-4-6(2)5-7(8(10)11)9(12)13;/h6-7H,3-5H2,1-2H3,(H,10,11)(H,12,13);/q;+2/p-2. The zero-order valence-corrected chi connectivity index (χ0v) is 10.0. The number of hydrogen-bond donors (Lipinski definition) is 0. The average molecular weight is 211 g/mol. The molecule has 0 aromatic carbocycles. The molecule has 0 heterocycles. The molecule has 0 fully saturated rings. The maximum Gasteiger partial charge on any atom is 2.00 e. The molecule has 0 radical (unpaired) electrons. The molecule has 0 aromatic rings. The van der Waals surface area contributed by atoms with Gasteiger partial charge in [0.25, 0.3) is 0 Å². The van der Waals surface area contributed by atoms with Crippen LogP contribution in [0, 0.1) is 11.8 Å². The summed E-state index contributed by atoms with van der Waals surface area (Å²) in [6.45, 7) is 3.78. The smallest absolute Gasteiger partial charge is 0.549 e. The van der Waals surface area contributed by atoms with Crippen molar-refractivity contribution in [3.8, 4) is 0 Å². The summed E-state index contributed by atoms with van der Waals surface area (Å²) in [6, 6.07) is 0. The van der Waals surface area contributed by atoms with Gasteiger partial charge in [-0.05, 0) is 12.3 Å². The third-order valence-corrected chi connectivity index (χ3v) is 1.99. The number of rotatable bonds is 6. The Bertz CT molecular complexity index is 179. The molecule has 0 aliphatic heterocycles. The maximum atomic E-state index is 10.3. The summed E-state index contributed by atoms with van der Waals surface area (Å²) >= 11 is 0. The predicted octanol–water partition coefficient (Wildman–Crippen LogP) is -1.45. The van der Waals surface area contributed by atoms with Crippen LogP contribution in [-0.2, 0) is 9.59 Å². The van der Waals surface area contributed by atoms with E-state index < -0.39 is 17.9 Å². The third-order valence-electron chi connectivity index (χ3n) is 1.99. The van der Waals surface area contributed by atoms with Crippen LogP contribution in [0.1, 0.15) is 33.1 Å². The summed E-state index contributed by atoms with van der Waals surface area (Å²) in [4.78, 5) is 20.7. The minimum atomic E-state index is -1.55. The van der Waals surface area contributed by atoms with Crippen LogP contribution in [0.25, 0.3) is 0 Å². The average Bonchev–Trinajstić information content (AvgIpc) is 1.99. The Kier molecular flexibility index (Phi) is 9.29.